The molecule has 3 rings (SSSR count). The molecular weight excluding hydrogens is 242 g/mol. The molecule has 19 heavy (non-hydrogen) atoms. The topological polar surface area (TPSA) is 54.9 Å². The molecule has 5 nitrogen and oxygen atoms in total. The zero-order valence-electron chi connectivity index (χ0n) is 11.6. The van der Waals surface area contributed by atoms with Gasteiger partial charge in [-0.25, -0.2) is 0 Å². The van der Waals surface area contributed by atoms with Crippen LogP contribution >= 0.6 is 0 Å². The summed E-state index contributed by atoms with van der Waals surface area (Å²) in [4.78, 5) is 4.58. The standard InChI is InChI=1S/C14H25N3O2/c1-2-13(19-8-1)10-18-9-7-15-14(16-11-3-4-11)17-12-5-6-12/h11-13H,1-10H2,(H2,15,16,17)/t13-/m1/s1. The van der Waals surface area contributed by atoms with Crippen molar-refractivity contribution in [2.24, 2.45) is 4.99 Å². The molecule has 108 valence electrons. The van der Waals surface area contributed by atoms with E-state index < -0.39 is 0 Å². The van der Waals surface area contributed by atoms with E-state index >= 15 is 0 Å². The van der Waals surface area contributed by atoms with Gasteiger partial charge in [0.2, 0.25) is 0 Å². The maximum atomic E-state index is 5.62. The van der Waals surface area contributed by atoms with Gasteiger partial charge in [-0.1, -0.05) is 0 Å². The Morgan fingerprint density at radius 2 is 1.84 bits per heavy atom. The molecule has 2 saturated carbocycles. The third-order valence-corrected chi connectivity index (χ3v) is 3.67. The number of rotatable bonds is 7. The van der Waals surface area contributed by atoms with Crippen LogP contribution in [0.3, 0.4) is 0 Å². The Bertz CT molecular complexity index is 292. The molecule has 3 fully saturated rings. The van der Waals surface area contributed by atoms with Crippen molar-refractivity contribution in [1.82, 2.24) is 10.6 Å². The molecule has 1 saturated heterocycles. The van der Waals surface area contributed by atoms with Crippen LogP contribution in [0.2, 0.25) is 0 Å². The number of nitrogens with one attached hydrogen (secondary N) is 2. The van der Waals surface area contributed by atoms with E-state index in [2.05, 4.69) is 15.6 Å². The van der Waals surface area contributed by atoms with E-state index in [1.807, 2.05) is 0 Å². The average Bonchev–Trinajstić information content (AvgIpc) is 3.33. The Hall–Kier alpha value is -0.810. The fourth-order valence-electron chi connectivity index (χ4n) is 2.19. The summed E-state index contributed by atoms with van der Waals surface area (Å²) < 4.78 is 11.1. The molecule has 0 amide bonds. The van der Waals surface area contributed by atoms with E-state index in [0.717, 1.165) is 32.1 Å². The summed E-state index contributed by atoms with van der Waals surface area (Å²) in [6, 6.07) is 1.30. The molecule has 0 radical (unpaired) electrons. The van der Waals surface area contributed by atoms with E-state index in [9.17, 15) is 0 Å². The van der Waals surface area contributed by atoms with Crippen molar-refractivity contribution in [1.29, 1.82) is 0 Å². The molecular formula is C14H25N3O2. The first-order valence-corrected chi connectivity index (χ1v) is 7.67. The van der Waals surface area contributed by atoms with E-state index in [1.165, 1.54) is 32.1 Å². The van der Waals surface area contributed by atoms with Gasteiger partial charge < -0.3 is 20.1 Å². The van der Waals surface area contributed by atoms with Crippen molar-refractivity contribution < 1.29 is 9.47 Å². The second-order valence-electron chi connectivity index (χ2n) is 5.78. The Morgan fingerprint density at radius 3 is 2.42 bits per heavy atom. The molecule has 3 aliphatic rings. The van der Waals surface area contributed by atoms with Gasteiger partial charge in [-0.05, 0) is 38.5 Å². The van der Waals surface area contributed by atoms with Crippen LogP contribution in [0, 0.1) is 0 Å². The molecule has 1 aliphatic heterocycles. The number of hydrogen-bond donors (Lipinski definition) is 2. The van der Waals surface area contributed by atoms with Gasteiger partial charge in [0.25, 0.3) is 0 Å². The molecule has 0 aromatic heterocycles. The fraction of sp³-hybridized carbons (Fsp3) is 0.929. The Kier molecular flexibility index (Phi) is 4.56. The summed E-state index contributed by atoms with van der Waals surface area (Å²) in [5.41, 5.74) is 0. The predicted molar refractivity (Wildman–Crippen MR) is 74.4 cm³/mol. The summed E-state index contributed by atoms with van der Waals surface area (Å²) in [5, 5.41) is 6.91. The first-order chi connectivity index (χ1) is 9.40. The summed E-state index contributed by atoms with van der Waals surface area (Å²) in [7, 11) is 0. The van der Waals surface area contributed by atoms with Gasteiger partial charge >= 0.3 is 0 Å². The molecule has 1 atom stereocenters. The highest BCUT2D eigenvalue weighted by Gasteiger charge is 2.26. The third-order valence-electron chi connectivity index (χ3n) is 3.67. The number of guanidine groups is 1. The normalized spacial score (nSPS) is 26.2. The van der Waals surface area contributed by atoms with E-state index in [4.69, 9.17) is 9.47 Å². The van der Waals surface area contributed by atoms with Gasteiger partial charge in [-0.15, -0.1) is 0 Å². The highest BCUT2D eigenvalue weighted by Crippen LogP contribution is 2.21. The molecule has 0 unspecified atom stereocenters. The fourth-order valence-corrected chi connectivity index (χ4v) is 2.19. The lowest BCUT2D eigenvalue weighted by atomic mass is 10.2. The van der Waals surface area contributed by atoms with Gasteiger partial charge in [0.1, 0.15) is 0 Å². The first-order valence-electron chi connectivity index (χ1n) is 7.67. The highest BCUT2D eigenvalue weighted by atomic mass is 16.5. The van der Waals surface area contributed by atoms with Crippen molar-refractivity contribution in [3.8, 4) is 0 Å². The molecule has 0 spiro atoms. The van der Waals surface area contributed by atoms with Crippen LogP contribution in [-0.2, 0) is 9.47 Å². The predicted octanol–water partition coefficient (Wildman–Crippen LogP) is 1.04. The second-order valence-corrected chi connectivity index (χ2v) is 5.78. The zero-order valence-corrected chi connectivity index (χ0v) is 11.6. The maximum absolute atomic E-state index is 5.62. The SMILES string of the molecule is C1CO[C@@H](COCCN=C(NC2CC2)NC2CC2)C1. The quantitative estimate of drug-likeness (QED) is 0.411. The van der Waals surface area contributed by atoms with Crippen LogP contribution in [0.25, 0.3) is 0 Å². The largest absolute Gasteiger partial charge is 0.377 e. The van der Waals surface area contributed by atoms with Gasteiger partial charge in [-0.2, -0.15) is 0 Å². The van der Waals surface area contributed by atoms with Crippen LogP contribution in [0.15, 0.2) is 4.99 Å². The smallest absolute Gasteiger partial charge is 0.191 e. The molecule has 2 aliphatic carbocycles. The molecule has 0 aromatic rings. The third kappa shape index (κ3) is 4.99. The molecule has 1 heterocycles. The van der Waals surface area contributed by atoms with Crippen LogP contribution in [-0.4, -0.2) is 50.5 Å². The summed E-state index contributed by atoms with van der Waals surface area (Å²) >= 11 is 0. The molecule has 2 N–H and O–H groups in total. The van der Waals surface area contributed by atoms with Crippen LogP contribution in [0.5, 0.6) is 0 Å². The Labute approximate surface area is 115 Å². The average molecular weight is 267 g/mol. The van der Waals surface area contributed by atoms with Crippen LogP contribution in [0.4, 0.5) is 0 Å². The molecule has 0 bridgehead atoms. The highest BCUT2D eigenvalue weighted by molar-refractivity contribution is 5.81. The Morgan fingerprint density at radius 1 is 1.11 bits per heavy atom. The minimum Gasteiger partial charge on any atom is -0.377 e. The van der Waals surface area contributed by atoms with E-state index in [-0.39, 0.29) is 0 Å². The van der Waals surface area contributed by atoms with Gasteiger partial charge in [0, 0.05) is 18.7 Å². The monoisotopic (exact) mass is 267 g/mol. The van der Waals surface area contributed by atoms with Crippen molar-refractivity contribution in [3.05, 3.63) is 0 Å². The number of aliphatic imine (C=N–C) groups is 1. The Balaban J connectivity index is 1.30. The lowest BCUT2D eigenvalue weighted by Crippen LogP contribution is -2.40. The van der Waals surface area contributed by atoms with Gasteiger partial charge in [0.05, 0.1) is 25.9 Å². The van der Waals surface area contributed by atoms with Crippen molar-refractivity contribution in [3.63, 3.8) is 0 Å². The summed E-state index contributed by atoms with van der Waals surface area (Å²) in [6.07, 6.45) is 7.75. The van der Waals surface area contributed by atoms with Crippen LogP contribution < -0.4 is 10.6 Å². The number of ether oxygens (including phenoxy) is 2. The summed E-state index contributed by atoms with van der Waals surface area (Å²) in [5.74, 6) is 0.978. The maximum Gasteiger partial charge on any atom is 0.191 e. The minimum atomic E-state index is 0.317. The number of nitrogens with zero attached hydrogens (tertiary/aromatic N) is 1. The first kappa shape index (κ1) is 13.2. The summed E-state index contributed by atoms with van der Waals surface area (Å²) in [6.45, 7) is 3.02. The van der Waals surface area contributed by atoms with Crippen LogP contribution in [0.1, 0.15) is 38.5 Å². The second kappa shape index (κ2) is 6.57. The van der Waals surface area contributed by atoms with E-state index in [1.54, 1.807) is 0 Å². The van der Waals surface area contributed by atoms with E-state index in [0.29, 0.717) is 24.8 Å². The van der Waals surface area contributed by atoms with Gasteiger partial charge in [0.15, 0.2) is 5.96 Å². The lowest BCUT2D eigenvalue weighted by molar-refractivity contribution is 0.0200. The lowest BCUT2D eigenvalue weighted by Gasteiger charge is -2.12. The molecule has 5 heteroatoms. The van der Waals surface area contributed by atoms with Crippen molar-refractivity contribution >= 4 is 5.96 Å². The van der Waals surface area contributed by atoms with Crippen molar-refractivity contribution in [2.75, 3.05) is 26.4 Å². The minimum absolute atomic E-state index is 0.317. The molecule has 0 aromatic carbocycles. The van der Waals surface area contributed by atoms with Gasteiger partial charge in [-0.3, -0.25) is 4.99 Å². The van der Waals surface area contributed by atoms with Crippen molar-refractivity contribution in [2.45, 2.75) is 56.7 Å². The number of hydrogen-bond acceptors (Lipinski definition) is 3. The zero-order chi connectivity index (χ0) is 12.9.